The van der Waals surface area contributed by atoms with Crippen molar-refractivity contribution >= 4 is 29.1 Å². The molecule has 0 fully saturated rings. The van der Waals surface area contributed by atoms with Crippen molar-refractivity contribution in [3.8, 4) is 11.4 Å². The second-order valence-corrected chi connectivity index (χ2v) is 8.34. The van der Waals surface area contributed by atoms with E-state index < -0.39 is 11.8 Å². The van der Waals surface area contributed by atoms with E-state index in [-0.39, 0.29) is 5.91 Å². The summed E-state index contributed by atoms with van der Waals surface area (Å²) in [5, 5.41) is 5.37. The summed E-state index contributed by atoms with van der Waals surface area (Å²) < 4.78 is 2.03. The minimum absolute atomic E-state index is 0.0977. The molecule has 0 aliphatic carbocycles. The zero-order valence-electron chi connectivity index (χ0n) is 18.2. The van der Waals surface area contributed by atoms with Crippen LogP contribution in [0.3, 0.4) is 0 Å². The first-order chi connectivity index (χ1) is 16.1. The number of nitrogens with zero attached hydrogens (tertiary/aromatic N) is 3. The Labute approximate surface area is 191 Å². The zero-order valence-corrected chi connectivity index (χ0v) is 18.2. The van der Waals surface area contributed by atoms with Crippen LogP contribution in [0, 0.1) is 0 Å². The number of nitrogens with one attached hydrogen (secondary N) is 2. The van der Waals surface area contributed by atoms with E-state index in [9.17, 15) is 14.4 Å². The van der Waals surface area contributed by atoms with E-state index in [2.05, 4.69) is 15.6 Å². The van der Waals surface area contributed by atoms with Crippen molar-refractivity contribution < 1.29 is 14.4 Å². The van der Waals surface area contributed by atoms with Gasteiger partial charge in [0, 0.05) is 43.3 Å². The lowest BCUT2D eigenvalue weighted by Crippen LogP contribution is -2.36. The van der Waals surface area contributed by atoms with Gasteiger partial charge in [-0.15, -0.1) is 0 Å². The van der Waals surface area contributed by atoms with Crippen molar-refractivity contribution in [1.29, 1.82) is 0 Å². The Hall–Kier alpha value is -3.94. The minimum atomic E-state index is -0.702. The van der Waals surface area contributed by atoms with Gasteiger partial charge in [-0.25, -0.2) is 4.98 Å². The van der Waals surface area contributed by atoms with E-state index in [1.807, 2.05) is 52.1 Å². The van der Waals surface area contributed by atoms with Crippen molar-refractivity contribution in [2.24, 2.45) is 0 Å². The summed E-state index contributed by atoms with van der Waals surface area (Å²) in [5.41, 5.74) is 4.55. The number of aromatic nitrogens is 2. The maximum absolute atomic E-state index is 12.4. The predicted octanol–water partition coefficient (Wildman–Crippen LogP) is 2.53. The normalized spacial score (nSPS) is 14.2. The Balaban J connectivity index is 1.14. The molecule has 0 bridgehead atoms. The van der Waals surface area contributed by atoms with Gasteiger partial charge in [0.05, 0.1) is 12.1 Å². The van der Waals surface area contributed by atoms with E-state index >= 15 is 0 Å². The first-order valence-corrected chi connectivity index (χ1v) is 11.2. The first-order valence-electron chi connectivity index (χ1n) is 11.2. The van der Waals surface area contributed by atoms with Crippen molar-refractivity contribution in [2.75, 3.05) is 23.3 Å². The average Bonchev–Trinajstić information content (AvgIpc) is 3.42. The molecule has 3 amide bonds. The fourth-order valence-electron chi connectivity index (χ4n) is 4.61. The molecule has 0 saturated heterocycles. The molecular weight excluding hydrogens is 418 g/mol. The average molecular weight is 444 g/mol. The van der Waals surface area contributed by atoms with E-state index in [0.29, 0.717) is 31.6 Å². The van der Waals surface area contributed by atoms with E-state index in [4.69, 9.17) is 0 Å². The molecule has 0 atom stereocenters. The Kier molecular flexibility index (Phi) is 5.64. The third kappa shape index (κ3) is 4.24. The molecule has 3 heterocycles. The lowest BCUT2D eigenvalue weighted by Gasteiger charge is -2.26. The highest BCUT2D eigenvalue weighted by Crippen LogP contribution is 2.38. The van der Waals surface area contributed by atoms with Crippen LogP contribution in [0.4, 0.5) is 11.4 Å². The molecule has 3 aromatic rings. The minimum Gasteiger partial charge on any atom is -0.348 e. The number of hydrogen-bond acceptors (Lipinski definition) is 4. The summed E-state index contributed by atoms with van der Waals surface area (Å²) in [6, 6.07) is 13.6. The van der Waals surface area contributed by atoms with Gasteiger partial charge in [-0.05, 0) is 42.5 Å². The van der Waals surface area contributed by atoms with Crippen LogP contribution in [0.2, 0.25) is 0 Å². The summed E-state index contributed by atoms with van der Waals surface area (Å²) in [4.78, 5) is 43.1. The largest absolute Gasteiger partial charge is 0.348 e. The molecule has 2 aliphatic heterocycles. The molecule has 2 N–H and O–H groups in total. The summed E-state index contributed by atoms with van der Waals surface area (Å²) in [6.45, 7) is 1.79. The van der Waals surface area contributed by atoms with Crippen molar-refractivity contribution in [2.45, 2.75) is 32.2 Å². The van der Waals surface area contributed by atoms with Crippen LogP contribution in [-0.4, -0.2) is 40.4 Å². The van der Waals surface area contributed by atoms with Gasteiger partial charge >= 0.3 is 11.8 Å². The molecule has 8 nitrogen and oxygen atoms in total. The Morgan fingerprint density at radius 3 is 2.73 bits per heavy atom. The van der Waals surface area contributed by atoms with Gasteiger partial charge in [0.1, 0.15) is 5.82 Å². The predicted molar refractivity (Wildman–Crippen MR) is 125 cm³/mol. The fraction of sp³-hybridized carbons (Fsp3) is 0.280. The summed E-state index contributed by atoms with van der Waals surface area (Å²) in [5.74, 6) is -0.403. The molecule has 5 rings (SSSR count). The van der Waals surface area contributed by atoms with Gasteiger partial charge in [-0.3, -0.25) is 14.4 Å². The number of anilines is 2. The maximum atomic E-state index is 12.4. The molecule has 0 unspecified atom stereocenters. The number of carbonyl (C=O) groups excluding carboxylic acids is 3. The van der Waals surface area contributed by atoms with Crippen molar-refractivity contribution in [1.82, 2.24) is 14.9 Å². The number of hydrogen-bond donors (Lipinski definition) is 2. The summed E-state index contributed by atoms with van der Waals surface area (Å²) in [6.07, 6.45) is 6.43. The number of imidazole rings is 1. The Morgan fingerprint density at radius 2 is 1.88 bits per heavy atom. The summed E-state index contributed by atoms with van der Waals surface area (Å²) >= 11 is 0. The number of carbonyl (C=O) groups is 3. The molecule has 33 heavy (non-hydrogen) atoms. The zero-order chi connectivity index (χ0) is 22.8. The second-order valence-electron chi connectivity index (χ2n) is 8.34. The van der Waals surface area contributed by atoms with Crippen LogP contribution in [0.15, 0.2) is 54.9 Å². The number of amides is 3. The third-order valence-corrected chi connectivity index (χ3v) is 6.08. The maximum Gasteiger partial charge on any atom is 0.313 e. The van der Waals surface area contributed by atoms with Crippen LogP contribution < -0.4 is 15.5 Å². The van der Waals surface area contributed by atoms with E-state index in [1.165, 1.54) is 0 Å². The topological polar surface area (TPSA) is 96.3 Å². The lowest BCUT2D eigenvalue weighted by molar-refractivity contribution is -0.136. The van der Waals surface area contributed by atoms with Crippen LogP contribution in [0.1, 0.15) is 24.0 Å². The number of benzene rings is 2. The first kappa shape index (κ1) is 20.9. The van der Waals surface area contributed by atoms with Crippen LogP contribution in [0.5, 0.6) is 0 Å². The van der Waals surface area contributed by atoms with Crippen LogP contribution >= 0.6 is 0 Å². The second kappa shape index (κ2) is 8.90. The number of aryl methyl sites for hydroxylation is 2. The molecule has 168 valence electrons. The lowest BCUT2D eigenvalue weighted by atomic mass is 9.99. The Morgan fingerprint density at radius 1 is 1.06 bits per heavy atom. The monoisotopic (exact) mass is 443 g/mol. The van der Waals surface area contributed by atoms with Crippen LogP contribution in [-0.2, 0) is 33.8 Å². The smallest absolute Gasteiger partial charge is 0.313 e. The molecular formula is C25H25N5O3. The quantitative estimate of drug-likeness (QED) is 0.452. The number of rotatable bonds is 6. The highest BCUT2D eigenvalue weighted by atomic mass is 16.2. The highest BCUT2D eigenvalue weighted by Gasteiger charge is 2.32. The van der Waals surface area contributed by atoms with Gasteiger partial charge in [0.2, 0.25) is 5.91 Å². The molecule has 0 saturated carbocycles. The molecule has 1 aromatic heterocycles. The van der Waals surface area contributed by atoms with E-state index in [1.54, 1.807) is 12.3 Å². The van der Waals surface area contributed by atoms with Gasteiger partial charge in [-0.2, -0.15) is 0 Å². The third-order valence-electron chi connectivity index (χ3n) is 6.08. The standard InChI is InChI=1S/C25H25N5O3/c31-21-16-19-15-20(14-18-8-4-12-30(21)22(18)19)28-25(33)24(32)27-9-5-11-29-13-10-26-23(29)17-6-2-1-3-7-17/h1-3,6-7,10,13-15H,4-5,8-9,11-12,16H2,(H,27,32)(H,28,33). The molecule has 2 aliphatic rings. The highest BCUT2D eigenvalue weighted by molar-refractivity contribution is 6.39. The molecule has 0 spiro atoms. The fourth-order valence-corrected chi connectivity index (χ4v) is 4.61. The molecule has 2 aromatic carbocycles. The van der Waals surface area contributed by atoms with E-state index in [0.717, 1.165) is 47.6 Å². The van der Waals surface area contributed by atoms with Gasteiger partial charge in [0.25, 0.3) is 0 Å². The van der Waals surface area contributed by atoms with Crippen LogP contribution in [0.25, 0.3) is 11.4 Å². The van der Waals surface area contributed by atoms with Gasteiger partial charge in [0.15, 0.2) is 0 Å². The van der Waals surface area contributed by atoms with Crippen molar-refractivity contribution in [3.05, 3.63) is 66.0 Å². The Bertz CT molecular complexity index is 1220. The molecule has 0 radical (unpaired) electrons. The van der Waals surface area contributed by atoms with Crippen molar-refractivity contribution in [3.63, 3.8) is 0 Å². The molecule has 8 heteroatoms. The van der Waals surface area contributed by atoms with Gasteiger partial charge < -0.3 is 20.1 Å². The SMILES string of the molecule is O=C(NCCCn1ccnc1-c1ccccc1)C(=O)Nc1cc2c3c(c1)CC(=O)N3CCC2. The van der Waals surface area contributed by atoms with Gasteiger partial charge in [-0.1, -0.05) is 30.3 Å². The summed E-state index contributed by atoms with van der Waals surface area (Å²) in [7, 11) is 0.